The van der Waals surface area contributed by atoms with Gasteiger partial charge in [-0.05, 0) is 30.5 Å². The van der Waals surface area contributed by atoms with Crippen molar-refractivity contribution in [1.82, 2.24) is 14.8 Å². The summed E-state index contributed by atoms with van der Waals surface area (Å²) in [6.07, 6.45) is 2.51. The number of rotatable bonds is 8. The number of anilines is 1. The lowest BCUT2D eigenvalue weighted by atomic mass is 10.1. The van der Waals surface area contributed by atoms with Crippen LogP contribution in [-0.4, -0.2) is 26.4 Å². The standard InChI is InChI=1S/C22H24N4OS/c1-4-13-26-19(14-18-11-6-5-7-12-18)24-25-22(26)28-15-20(27)23-21-16(2)9-8-10-17(21)3/h4-12H,1,13-15H2,2-3H3,(H,23,27). The van der Waals surface area contributed by atoms with E-state index in [0.717, 1.165) is 27.8 Å². The van der Waals surface area contributed by atoms with Crippen molar-refractivity contribution in [1.29, 1.82) is 0 Å². The quantitative estimate of drug-likeness (QED) is 0.456. The molecule has 0 saturated heterocycles. The van der Waals surface area contributed by atoms with E-state index >= 15 is 0 Å². The Balaban J connectivity index is 1.68. The molecule has 3 rings (SSSR count). The van der Waals surface area contributed by atoms with Crippen molar-refractivity contribution in [3.8, 4) is 0 Å². The zero-order chi connectivity index (χ0) is 19.9. The molecule has 1 heterocycles. The first kappa shape index (κ1) is 19.9. The summed E-state index contributed by atoms with van der Waals surface area (Å²) in [5.41, 5.74) is 4.16. The number of carbonyl (C=O) groups excluding carboxylic acids is 1. The van der Waals surface area contributed by atoms with Crippen LogP contribution in [0, 0.1) is 13.8 Å². The van der Waals surface area contributed by atoms with Gasteiger partial charge in [0, 0.05) is 18.7 Å². The van der Waals surface area contributed by atoms with Crippen LogP contribution in [0.15, 0.2) is 66.3 Å². The normalized spacial score (nSPS) is 10.6. The van der Waals surface area contributed by atoms with E-state index in [9.17, 15) is 4.79 Å². The highest BCUT2D eigenvalue weighted by Gasteiger charge is 2.14. The van der Waals surface area contributed by atoms with Gasteiger partial charge in [0.2, 0.25) is 5.91 Å². The monoisotopic (exact) mass is 392 g/mol. The lowest BCUT2D eigenvalue weighted by Crippen LogP contribution is -2.16. The Bertz CT molecular complexity index is 946. The van der Waals surface area contributed by atoms with Crippen LogP contribution < -0.4 is 5.32 Å². The predicted octanol–water partition coefficient (Wildman–Crippen LogP) is 4.40. The van der Waals surface area contributed by atoms with E-state index in [1.54, 1.807) is 0 Å². The largest absolute Gasteiger partial charge is 0.325 e. The van der Waals surface area contributed by atoms with Crippen LogP contribution in [0.5, 0.6) is 0 Å². The number of nitrogens with one attached hydrogen (secondary N) is 1. The molecule has 0 saturated carbocycles. The number of hydrogen-bond acceptors (Lipinski definition) is 4. The van der Waals surface area contributed by atoms with Gasteiger partial charge in [-0.15, -0.1) is 16.8 Å². The minimum atomic E-state index is -0.0554. The van der Waals surface area contributed by atoms with Crippen LogP contribution in [0.3, 0.4) is 0 Å². The number of thioether (sulfide) groups is 1. The number of aryl methyl sites for hydroxylation is 2. The van der Waals surface area contributed by atoms with Crippen molar-refractivity contribution in [3.05, 3.63) is 83.7 Å². The van der Waals surface area contributed by atoms with Gasteiger partial charge in [-0.1, -0.05) is 66.4 Å². The third-order valence-corrected chi connectivity index (χ3v) is 5.35. The van der Waals surface area contributed by atoms with Crippen LogP contribution in [0.1, 0.15) is 22.5 Å². The molecular formula is C22H24N4OS. The Morgan fingerprint density at radius 2 is 1.82 bits per heavy atom. The second-order valence-electron chi connectivity index (χ2n) is 6.56. The van der Waals surface area contributed by atoms with Crippen LogP contribution in [0.25, 0.3) is 0 Å². The smallest absolute Gasteiger partial charge is 0.234 e. The Kier molecular flexibility index (Phi) is 6.66. The van der Waals surface area contributed by atoms with Crippen molar-refractivity contribution < 1.29 is 4.79 Å². The summed E-state index contributed by atoms with van der Waals surface area (Å²) < 4.78 is 2.01. The summed E-state index contributed by atoms with van der Waals surface area (Å²) in [5.74, 6) is 1.08. The SMILES string of the molecule is C=CCn1c(Cc2ccccc2)nnc1SCC(=O)Nc1c(C)cccc1C. The molecule has 0 spiro atoms. The van der Waals surface area contributed by atoms with Gasteiger partial charge in [0.1, 0.15) is 5.82 Å². The molecule has 6 heteroatoms. The topological polar surface area (TPSA) is 59.8 Å². The predicted molar refractivity (Wildman–Crippen MR) is 115 cm³/mol. The van der Waals surface area contributed by atoms with E-state index in [2.05, 4.69) is 34.2 Å². The molecule has 5 nitrogen and oxygen atoms in total. The second kappa shape index (κ2) is 9.37. The summed E-state index contributed by atoms with van der Waals surface area (Å²) in [4.78, 5) is 12.4. The third kappa shape index (κ3) is 4.89. The van der Waals surface area contributed by atoms with E-state index in [0.29, 0.717) is 13.0 Å². The van der Waals surface area contributed by atoms with Crippen molar-refractivity contribution in [3.63, 3.8) is 0 Å². The number of benzene rings is 2. The summed E-state index contributed by atoms with van der Waals surface area (Å²) in [6.45, 7) is 8.42. The molecule has 0 unspecified atom stereocenters. The van der Waals surface area contributed by atoms with E-state index in [4.69, 9.17) is 0 Å². The minimum Gasteiger partial charge on any atom is -0.325 e. The van der Waals surface area contributed by atoms with Crippen LogP contribution in [0.2, 0.25) is 0 Å². The average Bonchev–Trinajstić information content (AvgIpc) is 3.06. The van der Waals surface area contributed by atoms with Crippen molar-refractivity contribution in [2.45, 2.75) is 32.0 Å². The molecule has 0 aliphatic carbocycles. The highest BCUT2D eigenvalue weighted by atomic mass is 32.2. The Morgan fingerprint density at radius 1 is 1.11 bits per heavy atom. The zero-order valence-electron chi connectivity index (χ0n) is 16.2. The summed E-state index contributed by atoms with van der Waals surface area (Å²) in [6, 6.07) is 16.1. The zero-order valence-corrected chi connectivity index (χ0v) is 17.0. The van der Waals surface area contributed by atoms with E-state index in [1.165, 1.54) is 17.3 Å². The molecule has 0 aliphatic rings. The summed E-state index contributed by atoms with van der Waals surface area (Å²) in [7, 11) is 0. The molecule has 0 atom stereocenters. The molecule has 144 valence electrons. The molecule has 0 fully saturated rings. The lowest BCUT2D eigenvalue weighted by Gasteiger charge is -2.11. The van der Waals surface area contributed by atoms with E-state index in [1.807, 2.05) is 60.9 Å². The highest BCUT2D eigenvalue weighted by Crippen LogP contribution is 2.22. The number of allylic oxidation sites excluding steroid dienone is 1. The fourth-order valence-electron chi connectivity index (χ4n) is 2.96. The van der Waals surface area contributed by atoms with Gasteiger partial charge in [-0.2, -0.15) is 0 Å². The third-order valence-electron chi connectivity index (χ3n) is 4.39. The molecule has 1 amide bonds. The maximum atomic E-state index is 12.4. The Hall–Kier alpha value is -2.86. The molecule has 1 aromatic heterocycles. The number of hydrogen-bond donors (Lipinski definition) is 1. The van der Waals surface area contributed by atoms with E-state index in [-0.39, 0.29) is 11.7 Å². The number of nitrogens with zero attached hydrogens (tertiary/aromatic N) is 3. The molecule has 0 radical (unpaired) electrons. The molecule has 0 bridgehead atoms. The molecule has 0 aliphatic heterocycles. The maximum absolute atomic E-state index is 12.4. The van der Waals surface area contributed by atoms with Crippen molar-refractivity contribution in [2.24, 2.45) is 0 Å². The molecule has 1 N–H and O–H groups in total. The van der Waals surface area contributed by atoms with Crippen LogP contribution in [-0.2, 0) is 17.8 Å². The highest BCUT2D eigenvalue weighted by molar-refractivity contribution is 7.99. The van der Waals surface area contributed by atoms with Gasteiger partial charge < -0.3 is 9.88 Å². The van der Waals surface area contributed by atoms with Gasteiger partial charge in [-0.25, -0.2) is 0 Å². The lowest BCUT2D eigenvalue weighted by molar-refractivity contribution is -0.113. The second-order valence-corrected chi connectivity index (χ2v) is 7.51. The minimum absolute atomic E-state index is 0.0554. The summed E-state index contributed by atoms with van der Waals surface area (Å²) >= 11 is 1.39. The van der Waals surface area contributed by atoms with Crippen LogP contribution in [0.4, 0.5) is 5.69 Å². The molecular weight excluding hydrogens is 368 g/mol. The van der Waals surface area contributed by atoms with Crippen LogP contribution >= 0.6 is 11.8 Å². The fraction of sp³-hybridized carbons (Fsp3) is 0.227. The molecule has 28 heavy (non-hydrogen) atoms. The van der Waals surface area contributed by atoms with Gasteiger partial charge >= 0.3 is 0 Å². The van der Waals surface area contributed by atoms with Gasteiger partial charge in [0.15, 0.2) is 5.16 Å². The number of amides is 1. The number of para-hydroxylation sites is 1. The van der Waals surface area contributed by atoms with Crippen molar-refractivity contribution in [2.75, 3.05) is 11.1 Å². The molecule has 2 aromatic carbocycles. The Morgan fingerprint density at radius 3 is 2.50 bits per heavy atom. The summed E-state index contributed by atoms with van der Waals surface area (Å²) in [5, 5.41) is 12.4. The van der Waals surface area contributed by atoms with Gasteiger partial charge in [-0.3, -0.25) is 4.79 Å². The first-order valence-corrected chi connectivity index (χ1v) is 10.1. The average molecular weight is 393 g/mol. The van der Waals surface area contributed by atoms with Gasteiger partial charge in [0.05, 0.1) is 5.75 Å². The Labute approximate surface area is 169 Å². The molecule has 3 aromatic rings. The number of aromatic nitrogens is 3. The first-order chi connectivity index (χ1) is 13.6. The maximum Gasteiger partial charge on any atom is 0.234 e. The first-order valence-electron chi connectivity index (χ1n) is 9.14. The fourth-order valence-corrected chi connectivity index (χ4v) is 3.73. The number of carbonyl (C=O) groups is 1. The van der Waals surface area contributed by atoms with Crippen molar-refractivity contribution >= 4 is 23.4 Å². The van der Waals surface area contributed by atoms with Gasteiger partial charge in [0.25, 0.3) is 0 Å². The van der Waals surface area contributed by atoms with E-state index < -0.39 is 0 Å².